The van der Waals surface area contributed by atoms with Gasteiger partial charge in [-0.05, 0) is 43.2 Å². The molecule has 0 aliphatic carbocycles. The Bertz CT molecular complexity index is 576. The van der Waals surface area contributed by atoms with E-state index in [1.807, 2.05) is 12.1 Å². The summed E-state index contributed by atoms with van der Waals surface area (Å²) in [5.41, 5.74) is 9.39. The molecule has 0 saturated carbocycles. The molecule has 1 aromatic heterocycles. The SMILES string of the molecule is COc1ccc(CCn2c(C)ccc2CN)cc1OC. The van der Waals surface area contributed by atoms with Gasteiger partial charge in [0.15, 0.2) is 11.5 Å². The van der Waals surface area contributed by atoms with Gasteiger partial charge < -0.3 is 19.8 Å². The van der Waals surface area contributed by atoms with Gasteiger partial charge in [-0.25, -0.2) is 0 Å². The molecule has 1 heterocycles. The van der Waals surface area contributed by atoms with Crippen LogP contribution < -0.4 is 15.2 Å². The molecule has 0 saturated heterocycles. The highest BCUT2D eigenvalue weighted by atomic mass is 16.5. The van der Waals surface area contributed by atoms with Crippen LogP contribution in [0.15, 0.2) is 30.3 Å². The van der Waals surface area contributed by atoms with Crippen molar-refractivity contribution in [2.75, 3.05) is 14.2 Å². The predicted molar refractivity (Wildman–Crippen MR) is 80.3 cm³/mol. The van der Waals surface area contributed by atoms with Gasteiger partial charge in [0.2, 0.25) is 0 Å². The average Bonchev–Trinajstić information content (AvgIpc) is 2.85. The molecule has 0 unspecified atom stereocenters. The quantitative estimate of drug-likeness (QED) is 0.880. The zero-order valence-corrected chi connectivity index (χ0v) is 12.3. The molecule has 2 rings (SSSR count). The second-order valence-electron chi connectivity index (χ2n) is 4.76. The van der Waals surface area contributed by atoms with Crippen LogP contribution in [-0.2, 0) is 19.5 Å². The van der Waals surface area contributed by atoms with E-state index in [1.54, 1.807) is 14.2 Å². The van der Waals surface area contributed by atoms with E-state index in [0.29, 0.717) is 6.54 Å². The van der Waals surface area contributed by atoms with Crippen LogP contribution in [0.25, 0.3) is 0 Å². The third-order valence-electron chi connectivity index (χ3n) is 3.57. The van der Waals surface area contributed by atoms with Crippen molar-refractivity contribution in [1.29, 1.82) is 0 Å². The van der Waals surface area contributed by atoms with Gasteiger partial charge in [0, 0.05) is 24.5 Å². The average molecular weight is 274 g/mol. The van der Waals surface area contributed by atoms with Gasteiger partial charge in [-0.1, -0.05) is 6.07 Å². The number of nitrogens with two attached hydrogens (primary N) is 1. The first-order chi connectivity index (χ1) is 9.69. The van der Waals surface area contributed by atoms with Crippen LogP contribution in [0.2, 0.25) is 0 Å². The molecular formula is C16H22N2O2. The zero-order valence-electron chi connectivity index (χ0n) is 12.3. The molecule has 0 aliphatic heterocycles. The van der Waals surface area contributed by atoms with Crippen LogP contribution in [0.4, 0.5) is 0 Å². The topological polar surface area (TPSA) is 49.4 Å². The summed E-state index contributed by atoms with van der Waals surface area (Å²) < 4.78 is 12.8. The second kappa shape index (κ2) is 6.48. The molecule has 0 spiro atoms. The smallest absolute Gasteiger partial charge is 0.160 e. The van der Waals surface area contributed by atoms with Crippen molar-refractivity contribution >= 4 is 0 Å². The van der Waals surface area contributed by atoms with E-state index in [9.17, 15) is 0 Å². The lowest BCUT2D eigenvalue weighted by Crippen LogP contribution is -2.10. The van der Waals surface area contributed by atoms with Crippen LogP contribution in [0.3, 0.4) is 0 Å². The third kappa shape index (κ3) is 2.96. The van der Waals surface area contributed by atoms with Crippen molar-refractivity contribution in [3.05, 3.63) is 47.3 Å². The maximum Gasteiger partial charge on any atom is 0.160 e. The maximum atomic E-state index is 5.76. The summed E-state index contributed by atoms with van der Waals surface area (Å²) in [6, 6.07) is 10.2. The Hall–Kier alpha value is -1.94. The Balaban J connectivity index is 2.12. The highest BCUT2D eigenvalue weighted by molar-refractivity contribution is 5.42. The minimum Gasteiger partial charge on any atom is -0.493 e. The molecule has 0 radical (unpaired) electrons. The summed E-state index contributed by atoms with van der Waals surface area (Å²) in [6.45, 7) is 3.59. The van der Waals surface area contributed by atoms with Crippen LogP contribution in [0.5, 0.6) is 11.5 Å². The molecule has 0 atom stereocenters. The van der Waals surface area contributed by atoms with Gasteiger partial charge in [0.25, 0.3) is 0 Å². The van der Waals surface area contributed by atoms with Gasteiger partial charge in [0.05, 0.1) is 14.2 Å². The molecule has 20 heavy (non-hydrogen) atoms. The van der Waals surface area contributed by atoms with Crippen molar-refractivity contribution in [2.45, 2.75) is 26.4 Å². The van der Waals surface area contributed by atoms with E-state index in [-0.39, 0.29) is 0 Å². The molecule has 1 aromatic carbocycles. The number of ether oxygens (including phenoxy) is 2. The second-order valence-corrected chi connectivity index (χ2v) is 4.76. The van der Waals surface area contributed by atoms with Gasteiger partial charge in [0.1, 0.15) is 0 Å². The number of rotatable bonds is 6. The monoisotopic (exact) mass is 274 g/mol. The fourth-order valence-corrected chi connectivity index (χ4v) is 2.40. The van der Waals surface area contributed by atoms with E-state index in [2.05, 4.69) is 29.7 Å². The molecule has 4 heteroatoms. The van der Waals surface area contributed by atoms with Crippen LogP contribution >= 0.6 is 0 Å². The summed E-state index contributed by atoms with van der Waals surface area (Å²) in [7, 11) is 3.30. The van der Waals surface area contributed by atoms with Crippen LogP contribution in [0, 0.1) is 6.92 Å². The molecule has 0 amide bonds. The Morgan fingerprint density at radius 3 is 2.45 bits per heavy atom. The minimum atomic E-state index is 0.569. The number of aromatic nitrogens is 1. The number of hydrogen-bond donors (Lipinski definition) is 1. The standard InChI is InChI=1S/C16H22N2O2/c1-12-4-6-14(11-17)18(12)9-8-13-5-7-15(19-2)16(10-13)20-3/h4-7,10H,8-9,11,17H2,1-3H3. The fraction of sp³-hybridized carbons (Fsp3) is 0.375. The van der Waals surface area contributed by atoms with Gasteiger partial charge in [-0.15, -0.1) is 0 Å². The molecule has 4 nitrogen and oxygen atoms in total. The first-order valence-corrected chi connectivity index (χ1v) is 6.75. The number of benzene rings is 1. The first-order valence-electron chi connectivity index (χ1n) is 6.75. The lowest BCUT2D eigenvalue weighted by Gasteiger charge is -2.12. The largest absolute Gasteiger partial charge is 0.493 e. The lowest BCUT2D eigenvalue weighted by atomic mass is 10.1. The number of methoxy groups -OCH3 is 2. The van der Waals surface area contributed by atoms with Crippen LogP contribution in [-0.4, -0.2) is 18.8 Å². The van der Waals surface area contributed by atoms with Crippen molar-refractivity contribution in [3.8, 4) is 11.5 Å². The highest BCUT2D eigenvalue weighted by Crippen LogP contribution is 2.27. The number of aryl methyl sites for hydroxylation is 2. The van der Waals surface area contributed by atoms with Crippen molar-refractivity contribution in [3.63, 3.8) is 0 Å². The number of hydrogen-bond acceptors (Lipinski definition) is 3. The van der Waals surface area contributed by atoms with Gasteiger partial charge in [-0.2, -0.15) is 0 Å². The zero-order chi connectivity index (χ0) is 14.5. The molecule has 2 N–H and O–H groups in total. The highest BCUT2D eigenvalue weighted by Gasteiger charge is 2.07. The summed E-state index contributed by atoms with van der Waals surface area (Å²) in [4.78, 5) is 0. The van der Waals surface area contributed by atoms with E-state index in [4.69, 9.17) is 15.2 Å². The minimum absolute atomic E-state index is 0.569. The lowest BCUT2D eigenvalue weighted by molar-refractivity contribution is 0.354. The van der Waals surface area contributed by atoms with Crippen LogP contribution in [0.1, 0.15) is 17.0 Å². The summed E-state index contributed by atoms with van der Waals surface area (Å²) in [5, 5.41) is 0. The van der Waals surface area contributed by atoms with Crippen molar-refractivity contribution in [2.24, 2.45) is 5.73 Å². The molecule has 0 fully saturated rings. The van der Waals surface area contributed by atoms with E-state index in [0.717, 1.165) is 24.5 Å². The Labute approximate surface area is 120 Å². The molecular weight excluding hydrogens is 252 g/mol. The summed E-state index contributed by atoms with van der Waals surface area (Å²) in [6.07, 6.45) is 0.933. The normalized spacial score (nSPS) is 10.6. The molecule has 108 valence electrons. The molecule has 2 aromatic rings. The summed E-state index contributed by atoms with van der Waals surface area (Å²) in [5.74, 6) is 1.53. The van der Waals surface area contributed by atoms with E-state index in [1.165, 1.54) is 17.0 Å². The Morgan fingerprint density at radius 2 is 1.80 bits per heavy atom. The summed E-state index contributed by atoms with van der Waals surface area (Å²) >= 11 is 0. The first kappa shape index (κ1) is 14.5. The van der Waals surface area contributed by atoms with Gasteiger partial charge in [-0.3, -0.25) is 0 Å². The van der Waals surface area contributed by atoms with Gasteiger partial charge >= 0.3 is 0 Å². The predicted octanol–water partition coefficient (Wildman–Crippen LogP) is 2.52. The number of nitrogens with zero attached hydrogens (tertiary/aromatic N) is 1. The molecule has 0 bridgehead atoms. The Morgan fingerprint density at radius 1 is 1.05 bits per heavy atom. The Kier molecular flexibility index (Phi) is 4.69. The van der Waals surface area contributed by atoms with E-state index < -0.39 is 0 Å². The maximum absolute atomic E-state index is 5.76. The molecule has 0 aliphatic rings. The third-order valence-corrected chi connectivity index (χ3v) is 3.57. The van der Waals surface area contributed by atoms with E-state index >= 15 is 0 Å². The van der Waals surface area contributed by atoms with Crippen molar-refractivity contribution < 1.29 is 9.47 Å². The fourth-order valence-electron chi connectivity index (χ4n) is 2.40. The van der Waals surface area contributed by atoms with Crippen molar-refractivity contribution in [1.82, 2.24) is 4.57 Å².